The number of aryl methyl sites for hydroxylation is 10. The fourth-order valence-corrected chi connectivity index (χ4v) is 17.3. The number of ketones is 1. The molecule has 7 heterocycles. The van der Waals surface area contributed by atoms with Gasteiger partial charge >= 0.3 is 17.1 Å². The maximum absolute atomic E-state index is 11.8. The van der Waals surface area contributed by atoms with Crippen LogP contribution in [0.2, 0.25) is 5.15 Å². The second-order valence-corrected chi connectivity index (χ2v) is 35.1. The topological polar surface area (TPSA) is 291 Å². The molecule has 4 N–H and O–H groups in total. The van der Waals surface area contributed by atoms with E-state index in [2.05, 4.69) is 87.8 Å². The molecule has 0 amide bonds. The number of fused-ring (bicyclic) bond motifs is 10. The second-order valence-electron chi connectivity index (χ2n) is 23.7. The van der Waals surface area contributed by atoms with Crippen LogP contribution in [0, 0.1) is 43.4 Å². The lowest BCUT2D eigenvalue weighted by Gasteiger charge is -2.21. The van der Waals surface area contributed by atoms with E-state index in [9.17, 15) is 23.7 Å². The van der Waals surface area contributed by atoms with Crippen LogP contribution >= 0.6 is 109 Å². The number of benzene rings is 2. The molecule has 0 spiro atoms. The number of methoxy groups -OCH3 is 2. The van der Waals surface area contributed by atoms with Gasteiger partial charge in [-0.2, -0.15) is 24.0 Å². The van der Waals surface area contributed by atoms with E-state index in [-0.39, 0.29) is 31.4 Å². The zero-order valence-electron chi connectivity index (χ0n) is 60.0. The highest BCUT2D eigenvalue weighted by Gasteiger charge is 2.27. The molecule has 14 rings (SSSR count). The number of anilines is 4. The summed E-state index contributed by atoms with van der Waals surface area (Å²) in [4.78, 5) is 80.5. The van der Waals surface area contributed by atoms with Crippen molar-refractivity contribution in [2.24, 2.45) is 0 Å². The summed E-state index contributed by atoms with van der Waals surface area (Å²) >= 11 is 26.9. The van der Waals surface area contributed by atoms with Crippen LogP contribution in [0.15, 0.2) is 53.3 Å². The smallest absolute Gasteiger partial charge is 0.341 e. The number of nitrogens with zero attached hydrogens (tertiary/aromatic N) is 8. The lowest BCUT2D eigenvalue weighted by molar-refractivity contribution is -0.141. The highest BCUT2D eigenvalue weighted by molar-refractivity contribution is 8.24. The highest BCUT2D eigenvalue weighted by Crippen LogP contribution is 2.61. The predicted octanol–water partition coefficient (Wildman–Crippen LogP) is 19.9. The number of thiophene rings is 4. The number of H-pyrrole nitrogens is 1. The van der Waals surface area contributed by atoms with Crippen molar-refractivity contribution in [2.45, 2.75) is 183 Å². The Labute approximate surface area is 645 Å². The molecule has 9 aromatic rings. The summed E-state index contributed by atoms with van der Waals surface area (Å²) in [5, 5.41) is 19.5. The Bertz CT molecular complexity index is 4410. The normalized spacial score (nSPS) is 13.5. The fourth-order valence-electron chi connectivity index (χ4n) is 11.9. The number of halogens is 4. The van der Waals surface area contributed by atoms with Crippen LogP contribution in [0.4, 0.5) is 22.2 Å². The molecular weight excluding hydrogens is 1510 g/mol. The first-order chi connectivity index (χ1) is 48.9. The number of hydrogen-bond acceptors (Lipinski definition) is 23. The lowest BCUT2D eigenvalue weighted by atomic mass is 9.95. The molecule has 0 unspecified atom stereocenters. The van der Waals surface area contributed by atoms with Crippen molar-refractivity contribution < 1.29 is 37.9 Å². The van der Waals surface area contributed by atoms with Gasteiger partial charge in [-0.05, 0) is 255 Å². The number of nitrogens with one attached hydrogen (secondary N) is 2. The first-order valence-electron chi connectivity index (χ1n) is 34.0. The molecule has 0 bridgehead atoms. The van der Waals surface area contributed by atoms with E-state index in [0.29, 0.717) is 40.5 Å². The van der Waals surface area contributed by atoms with E-state index in [1.54, 1.807) is 67.3 Å². The van der Waals surface area contributed by atoms with Crippen LogP contribution in [0.25, 0.3) is 30.6 Å². The average molecular weight is 1600 g/mol. The third-order valence-electron chi connectivity index (χ3n) is 16.5. The molecule has 0 saturated heterocycles. The van der Waals surface area contributed by atoms with Gasteiger partial charge in [0.05, 0.1) is 61.3 Å². The standard InChI is InChI=1S/C19H21N3OS.C11H11ClN2S.C11H12N2OS.C11H15NO2S.C8H11NO.C6H10O.C5H7NO2.C2H3N.Cl3OP.H2S/c1-12-20-18(22(2)13-8-10-14(23-3)11-9-13)17-15-6-4-5-7-16(15)24-19(17)21-12;1-6-13-10(12)9-7-4-2-3-5-8(7)15-11(9)14-6;1-6-12-10(14)9-7-4-2-3-5-8(7)15-11(9)13-6;1-2-14-11(13)9-7-5-3-4-6-8(7)15-10(9)12;1-9-7-3-5-8(10-2)6-4-7;7-6-4-2-1-3-5-6;1-2-8-5(7)3-4-6;1-2-3;1-5(2,3)4;/h8-11H,4-7H2,1-3H3;2-5H2,1H3;2-5H2,1H3,(H,12,13,14);2-6,12H2,1H3;3-6,9H,1-2H3;1-5H2;2-3H2,1H3;1H3;;1H2. The summed E-state index contributed by atoms with van der Waals surface area (Å²) in [6, 6.07) is 19.3. The number of nitriles is 2. The van der Waals surface area contributed by atoms with Gasteiger partial charge in [0.15, 0.2) is 0 Å². The number of nitrogen functional groups attached to an aromatic ring is 1. The molecule has 5 aliphatic carbocycles. The maximum atomic E-state index is 11.8. The molecule has 0 aliphatic heterocycles. The monoisotopic (exact) mass is 1600 g/mol. The number of aromatic amines is 1. The van der Waals surface area contributed by atoms with Gasteiger partial charge in [0.1, 0.15) is 71.6 Å². The number of carbonyl (C=O) groups excluding carboxylic acids is 3. The Morgan fingerprint density at radius 1 is 0.621 bits per heavy atom. The van der Waals surface area contributed by atoms with Crippen LogP contribution in [-0.2, 0) is 75.0 Å². The van der Waals surface area contributed by atoms with Crippen LogP contribution in [-0.4, -0.2) is 89.2 Å². The number of aromatic nitrogens is 6. The van der Waals surface area contributed by atoms with E-state index < -0.39 is 11.2 Å². The molecule has 20 nitrogen and oxygen atoms in total. The Kier molecular flexibility index (Phi) is 37.5. The van der Waals surface area contributed by atoms with Gasteiger partial charge in [-0.1, -0.05) is 18.0 Å². The number of ether oxygens (including phenoxy) is 4. The van der Waals surface area contributed by atoms with Crippen molar-refractivity contribution in [3.8, 4) is 23.6 Å². The fraction of sp³-hybridized carbons (Fsp3) is 0.466. The van der Waals surface area contributed by atoms with Crippen molar-refractivity contribution in [2.75, 3.05) is 57.5 Å². The average Bonchev–Trinajstić information content (AvgIpc) is 1.66. The summed E-state index contributed by atoms with van der Waals surface area (Å²) in [5.74, 6) is 4.84. The quantitative estimate of drug-likeness (QED) is 0.0687. The summed E-state index contributed by atoms with van der Waals surface area (Å²) in [6.45, 7) is 11.4. The minimum absolute atomic E-state index is 0. The Morgan fingerprint density at radius 3 is 1.50 bits per heavy atom. The van der Waals surface area contributed by atoms with Gasteiger partial charge in [0, 0.05) is 64.7 Å². The van der Waals surface area contributed by atoms with Gasteiger partial charge in [0.25, 0.3) is 5.56 Å². The molecule has 30 heteroatoms. The summed E-state index contributed by atoms with van der Waals surface area (Å²) in [5.41, 5.74) is 14.0. The van der Waals surface area contributed by atoms with E-state index in [4.69, 9.17) is 52.0 Å². The van der Waals surface area contributed by atoms with Crippen molar-refractivity contribution in [3.05, 3.63) is 129 Å². The molecule has 0 atom stereocenters. The number of hydrogen-bond donors (Lipinski definition) is 3. The molecule has 103 heavy (non-hydrogen) atoms. The molecule has 7 aromatic heterocycles. The van der Waals surface area contributed by atoms with Crippen molar-refractivity contribution in [3.63, 3.8) is 0 Å². The number of rotatable bonds is 9. The molecule has 2 aromatic carbocycles. The van der Waals surface area contributed by atoms with Crippen LogP contribution in [0.3, 0.4) is 0 Å². The van der Waals surface area contributed by atoms with Crippen molar-refractivity contribution >= 4 is 180 Å². The van der Waals surface area contributed by atoms with Crippen LogP contribution in [0.1, 0.15) is 180 Å². The molecule has 1 saturated carbocycles. The predicted molar refractivity (Wildman–Crippen MR) is 431 cm³/mol. The third kappa shape index (κ3) is 26.7. The highest BCUT2D eigenvalue weighted by atomic mass is 36.0. The first-order valence-corrected chi connectivity index (χ1v) is 42.0. The number of carbonyl (C=O) groups is 3. The SMILES string of the molecule is CC#N.CCOC(=O)CC#N.CCOC(=O)c1c(N)sc2c1CCCC2.CNc1ccc(OC)cc1.COc1ccc(N(C)c2nc(C)nc3sc4c(c23)CCCC4)cc1.Cc1nc(Cl)c2c3c(sc2n1)CCCC3.Cc1nc2sc3c(c2c(=O)[nH]1)CCCC3.O=C1CCCCC1.O=P(Cl)(Cl)Cl.S. The summed E-state index contributed by atoms with van der Waals surface area (Å²) < 4.78 is 29.2. The first kappa shape index (κ1) is 87.0. The largest absolute Gasteiger partial charge is 0.497 e. The Morgan fingerprint density at radius 2 is 1.04 bits per heavy atom. The van der Waals surface area contributed by atoms with Crippen molar-refractivity contribution in [1.29, 1.82) is 10.5 Å². The zero-order chi connectivity index (χ0) is 74.5. The number of Topliss-reactive ketones (excluding diaryl/α,β-unsaturated/α-hetero) is 1. The Balaban J connectivity index is 0.000000218. The second kappa shape index (κ2) is 44.4. The Hall–Kier alpha value is -6.61. The summed E-state index contributed by atoms with van der Waals surface area (Å²) in [6.07, 6.45) is 23.9. The number of nitrogens with two attached hydrogens (primary N) is 1. The van der Waals surface area contributed by atoms with Gasteiger partial charge in [0.2, 0.25) is 0 Å². The van der Waals surface area contributed by atoms with Crippen molar-refractivity contribution in [1.82, 2.24) is 29.9 Å². The van der Waals surface area contributed by atoms with Gasteiger partial charge in [-0.3, -0.25) is 18.9 Å². The molecular formula is C73H92Cl4N11O9PS5. The number of esters is 2. The minimum atomic E-state index is -3.22. The molecule has 556 valence electrons. The molecule has 1 fully saturated rings. The minimum Gasteiger partial charge on any atom is -0.497 e. The molecule has 5 aliphatic rings. The maximum Gasteiger partial charge on any atom is 0.341 e. The van der Waals surface area contributed by atoms with E-state index in [1.807, 2.05) is 82.5 Å². The summed E-state index contributed by atoms with van der Waals surface area (Å²) in [7, 11) is 7.32. The van der Waals surface area contributed by atoms with Gasteiger partial charge < -0.3 is 39.9 Å². The van der Waals surface area contributed by atoms with Gasteiger partial charge in [-0.25, -0.2) is 29.7 Å². The zero-order valence-corrected chi connectivity index (χ0v) is 68.2. The molecule has 0 radical (unpaired) electrons. The van der Waals surface area contributed by atoms with Gasteiger partial charge in [-0.15, -0.1) is 45.3 Å². The van der Waals surface area contributed by atoms with E-state index in [0.717, 1.165) is 142 Å². The lowest BCUT2D eigenvalue weighted by Crippen LogP contribution is -2.13. The van der Waals surface area contributed by atoms with Crippen LogP contribution in [0.5, 0.6) is 11.5 Å². The van der Waals surface area contributed by atoms with E-state index in [1.165, 1.54) is 113 Å². The third-order valence-corrected chi connectivity index (χ3v) is 21.5. The van der Waals surface area contributed by atoms with E-state index >= 15 is 0 Å². The van der Waals surface area contributed by atoms with Crippen LogP contribution < -0.4 is 31.0 Å².